The van der Waals surface area contributed by atoms with Crippen LogP contribution in [0.5, 0.6) is 0 Å². The van der Waals surface area contributed by atoms with Crippen molar-refractivity contribution >= 4 is 17.3 Å². The molecule has 0 saturated carbocycles. The fourth-order valence-corrected chi connectivity index (χ4v) is 2.69. The first-order chi connectivity index (χ1) is 8.35. The Hall–Kier alpha value is -0.800. The first-order valence-corrected chi connectivity index (χ1v) is 6.61. The second-order valence-corrected chi connectivity index (χ2v) is 4.81. The van der Waals surface area contributed by atoms with Crippen LogP contribution in [-0.2, 0) is 10.6 Å². The molecule has 0 radical (unpaired) electrons. The van der Waals surface area contributed by atoms with E-state index in [9.17, 15) is 0 Å². The fraction of sp³-hybridized carbons (Fsp3) is 0.615. The second kappa shape index (κ2) is 6.22. The van der Waals surface area contributed by atoms with Crippen molar-refractivity contribution in [2.75, 3.05) is 31.7 Å². The average Bonchev–Trinajstić information content (AvgIpc) is 2.39. The highest BCUT2D eigenvalue weighted by Gasteiger charge is 2.21. The molecule has 17 heavy (non-hydrogen) atoms. The molecule has 2 rings (SSSR count). The van der Waals surface area contributed by atoms with Crippen LogP contribution in [0.3, 0.4) is 0 Å². The molecule has 1 aromatic heterocycles. The summed E-state index contributed by atoms with van der Waals surface area (Å²) in [4.78, 5) is 6.54. The van der Waals surface area contributed by atoms with Gasteiger partial charge in [0.15, 0.2) is 0 Å². The molecule has 1 aliphatic rings. The van der Waals surface area contributed by atoms with Crippen molar-refractivity contribution in [1.29, 1.82) is 0 Å². The van der Waals surface area contributed by atoms with Crippen molar-refractivity contribution in [2.24, 2.45) is 5.92 Å². The summed E-state index contributed by atoms with van der Waals surface area (Å²) in [6.07, 6.45) is 6.18. The van der Waals surface area contributed by atoms with Crippen molar-refractivity contribution in [3.8, 4) is 0 Å². The summed E-state index contributed by atoms with van der Waals surface area (Å²) in [6.45, 7) is 3.01. The Labute approximate surface area is 108 Å². The highest BCUT2D eigenvalue weighted by Crippen LogP contribution is 2.26. The first-order valence-electron chi connectivity index (χ1n) is 6.08. The van der Waals surface area contributed by atoms with E-state index >= 15 is 0 Å². The van der Waals surface area contributed by atoms with Crippen LogP contribution in [0.4, 0.5) is 5.69 Å². The molecule has 0 spiro atoms. The number of piperidine rings is 1. The lowest BCUT2D eigenvalue weighted by Gasteiger charge is -2.35. The van der Waals surface area contributed by atoms with Crippen molar-refractivity contribution in [2.45, 2.75) is 18.7 Å². The summed E-state index contributed by atoms with van der Waals surface area (Å²) in [5, 5.41) is 0. The summed E-state index contributed by atoms with van der Waals surface area (Å²) in [6, 6.07) is 2.06. The summed E-state index contributed by atoms with van der Waals surface area (Å²) in [5.74, 6) is 1.15. The maximum Gasteiger partial charge on any atom is 0.0509 e. The molecule has 0 amide bonds. The predicted molar refractivity (Wildman–Crippen MR) is 70.6 cm³/mol. The molecule has 1 atom stereocenters. The van der Waals surface area contributed by atoms with Crippen LogP contribution in [0.2, 0.25) is 0 Å². The lowest BCUT2D eigenvalue weighted by molar-refractivity contribution is 0.143. The summed E-state index contributed by atoms with van der Waals surface area (Å²) in [5.41, 5.74) is 2.35. The molecule has 0 bridgehead atoms. The van der Waals surface area contributed by atoms with E-state index in [1.165, 1.54) is 18.5 Å². The van der Waals surface area contributed by atoms with Gasteiger partial charge in [0, 0.05) is 43.8 Å². The molecule has 3 nitrogen and oxygen atoms in total. The number of methoxy groups -OCH3 is 1. The zero-order valence-corrected chi connectivity index (χ0v) is 11.0. The smallest absolute Gasteiger partial charge is 0.0509 e. The highest BCUT2D eigenvalue weighted by molar-refractivity contribution is 6.17. The molecule has 0 N–H and O–H groups in total. The highest BCUT2D eigenvalue weighted by atomic mass is 35.5. The van der Waals surface area contributed by atoms with Crippen LogP contribution in [0, 0.1) is 5.92 Å². The molecule has 1 aliphatic heterocycles. The van der Waals surface area contributed by atoms with Gasteiger partial charge in [-0.1, -0.05) is 0 Å². The number of anilines is 1. The third kappa shape index (κ3) is 3.11. The van der Waals surface area contributed by atoms with Crippen LogP contribution in [0.15, 0.2) is 18.5 Å². The molecule has 94 valence electrons. The minimum Gasteiger partial charge on any atom is -0.384 e. The van der Waals surface area contributed by atoms with Gasteiger partial charge in [-0.3, -0.25) is 4.98 Å². The van der Waals surface area contributed by atoms with Gasteiger partial charge in [-0.2, -0.15) is 0 Å². The predicted octanol–water partition coefficient (Wildman–Crippen LogP) is 2.68. The number of hydrogen-bond donors (Lipinski definition) is 0. The quantitative estimate of drug-likeness (QED) is 0.773. The normalized spacial score (nSPS) is 20.6. The lowest BCUT2D eigenvalue weighted by atomic mass is 9.98. The Morgan fingerprint density at radius 3 is 3.24 bits per heavy atom. The van der Waals surface area contributed by atoms with Crippen LogP contribution >= 0.6 is 11.6 Å². The average molecular weight is 255 g/mol. The number of hydrogen-bond acceptors (Lipinski definition) is 3. The third-order valence-electron chi connectivity index (χ3n) is 3.28. The van der Waals surface area contributed by atoms with E-state index in [4.69, 9.17) is 16.3 Å². The van der Waals surface area contributed by atoms with E-state index in [0.717, 1.165) is 25.3 Å². The van der Waals surface area contributed by atoms with Crippen LogP contribution in [0.25, 0.3) is 0 Å². The number of ether oxygens (including phenoxy) is 1. The molecule has 1 unspecified atom stereocenters. The number of halogens is 1. The molecule has 1 fully saturated rings. The third-order valence-corrected chi connectivity index (χ3v) is 3.57. The Morgan fingerprint density at radius 1 is 1.59 bits per heavy atom. The SMILES string of the molecule is COCC1CCCN(c2ccncc2CCl)C1. The standard InChI is InChI=1S/C13H19ClN2O/c1-17-10-11-3-2-6-16(9-11)13-4-5-15-8-12(13)7-14/h4-5,8,11H,2-3,6-7,9-10H2,1H3. The summed E-state index contributed by atoms with van der Waals surface area (Å²) < 4.78 is 5.26. The van der Waals surface area contributed by atoms with Gasteiger partial charge >= 0.3 is 0 Å². The summed E-state index contributed by atoms with van der Waals surface area (Å²) in [7, 11) is 1.77. The van der Waals surface area contributed by atoms with Gasteiger partial charge in [0.05, 0.1) is 12.5 Å². The molecular weight excluding hydrogens is 236 g/mol. The van der Waals surface area contributed by atoms with E-state index in [2.05, 4.69) is 16.0 Å². The van der Waals surface area contributed by atoms with Gasteiger partial charge in [-0.05, 0) is 24.8 Å². The number of nitrogens with zero attached hydrogens (tertiary/aromatic N) is 2. The number of aromatic nitrogens is 1. The van der Waals surface area contributed by atoms with Gasteiger partial charge in [-0.15, -0.1) is 11.6 Å². The van der Waals surface area contributed by atoms with Gasteiger partial charge in [0.2, 0.25) is 0 Å². The van der Waals surface area contributed by atoms with Gasteiger partial charge in [-0.25, -0.2) is 0 Å². The van der Waals surface area contributed by atoms with Crippen molar-refractivity contribution in [3.63, 3.8) is 0 Å². The lowest BCUT2D eigenvalue weighted by Crippen LogP contribution is -2.37. The Balaban J connectivity index is 2.10. The minimum absolute atomic E-state index is 0.522. The zero-order valence-electron chi connectivity index (χ0n) is 10.2. The van der Waals surface area contributed by atoms with Crippen LogP contribution in [-0.4, -0.2) is 31.8 Å². The van der Waals surface area contributed by atoms with E-state index in [1.54, 1.807) is 7.11 Å². The van der Waals surface area contributed by atoms with E-state index in [1.807, 2.05) is 12.4 Å². The van der Waals surface area contributed by atoms with E-state index in [0.29, 0.717) is 11.8 Å². The minimum atomic E-state index is 0.522. The zero-order chi connectivity index (χ0) is 12.1. The number of pyridine rings is 1. The van der Waals surface area contributed by atoms with Crippen molar-refractivity contribution in [1.82, 2.24) is 4.98 Å². The molecule has 1 aromatic rings. The molecule has 2 heterocycles. The fourth-order valence-electron chi connectivity index (χ4n) is 2.49. The molecule has 4 heteroatoms. The number of rotatable bonds is 4. The second-order valence-electron chi connectivity index (χ2n) is 4.55. The molecule has 1 saturated heterocycles. The van der Waals surface area contributed by atoms with Gasteiger partial charge in [0.25, 0.3) is 0 Å². The molecular formula is C13H19ClN2O. The van der Waals surface area contributed by atoms with E-state index in [-0.39, 0.29) is 0 Å². The first kappa shape index (κ1) is 12.7. The topological polar surface area (TPSA) is 25.4 Å². The molecule has 0 aromatic carbocycles. The maximum atomic E-state index is 5.96. The Kier molecular flexibility index (Phi) is 4.63. The van der Waals surface area contributed by atoms with E-state index < -0.39 is 0 Å². The largest absolute Gasteiger partial charge is 0.384 e. The van der Waals surface area contributed by atoms with Gasteiger partial charge in [0.1, 0.15) is 0 Å². The summed E-state index contributed by atoms with van der Waals surface area (Å²) >= 11 is 5.96. The van der Waals surface area contributed by atoms with Crippen LogP contribution in [0.1, 0.15) is 18.4 Å². The maximum absolute atomic E-state index is 5.96. The van der Waals surface area contributed by atoms with Crippen LogP contribution < -0.4 is 4.90 Å². The van der Waals surface area contributed by atoms with Crippen molar-refractivity contribution in [3.05, 3.63) is 24.0 Å². The Morgan fingerprint density at radius 2 is 2.47 bits per heavy atom. The number of alkyl halides is 1. The Bertz CT molecular complexity index is 357. The molecule has 0 aliphatic carbocycles. The monoisotopic (exact) mass is 254 g/mol. The van der Waals surface area contributed by atoms with Crippen molar-refractivity contribution < 1.29 is 4.74 Å². The van der Waals surface area contributed by atoms with Gasteiger partial charge < -0.3 is 9.64 Å².